The molecular formula is C9H14N4O4. The number of rotatable bonds is 5. The molecule has 0 aromatic heterocycles. The van der Waals surface area contributed by atoms with Crippen molar-refractivity contribution in [2.75, 3.05) is 13.1 Å². The Bertz CT molecular complexity index is 379. The highest BCUT2D eigenvalue weighted by molar-refractivity contribution is 5.71. The van der Waals surface area contributed by atoms with E-state index in [1.54, 1.807) is 0 Å². The van der Waals surface area contributed by atoms with Gasteiger partial charge in [0.15, 0.2) is 0 Å². The van der Waals surface area contributed by atoms with Crippen LogP contribution >= 0.6 is 0 Å². The number of carbonyl (C=O) groups is 1. The van der Waals surface area contributed by atoms with E-state index in [-0.39, 0.29) is 18.7 Å². The smallest absolute Gasteiger partial charge is 0.312 e. The minimum atomic E-state index is -1.32. The lowest BCUT2D eigenvalue weighted by Gasteiger charge is -2.26. The van der Waals surface area contributed by atoms with Crippen molar-refractivity contribution in [1.82, 2.24) is 10.6 Å². The van der Waals surface area contributed by atoms with E-state index in [9.17, 15) is 20.0 Å². The fourth-order valence-corrected chi connectivity index (χ4v) is 1.35. The fraction of sp³-hybridized carbons (Fsp3) is 0.444. The number of hydrogen-bond acceptors (Lipinski definition) is 5. The number of aliphatic hydroxyl groups is 1. The summed E-state index contributed by atoms with van der Waals surface area (Å²) in [7, 11) is 0. The van der Waals surface area contributed by atoms with Gasteiger partial charge in [0.25, 0.3) is 5.70 Å². The number of allylic oxidation sites excluding steroid dienone is 1. The number of amides is 2. The number of nitrogens with zero attached hydrogens (tertiary/aromatic N) is 1. The van der Waals surface area contributed by atoms with Crippen LogP contribution in [0.5, 0.6) is 0 Å². The summed E-state index contributed by atoms with van der Waals surface area (Å²) < 4.78 is 0. The predicted octanol–water partition coefficient (Wildman–Crippen LogP) is -0.947. The van der Waals surface area contributed by atoms with Gasteiger partial charge in [-0.3, -0.25) is 15.4 Å². The molecule has 1 rings (SSSR count). The largest absolute Gasteiger partial charge is 0.372 e. The maximum absolute atomic E-state index is 10.4. The molecule has 94 valence electrons. The van der Waals surface area contributed by atoms with Crippen molar-refractivity contribution in [3.8, 4) is 0 Å². The third-order valence-electron chi connectivity index (χ3n) is 2.22. The number of urea groups is 1. The van der Waals surface area contributed by atoms with Gasteiger partial charge in [-0.25, -0.2) is 4.79 Å². The van der Waals surface area contributed by atoms with Gasteiger partial charge in [-0.2, -0.15) is 0 Å². The number of nitro groups is 1. The van der Waals surface area contributed by atoms with Crippen LogP contribution in [0.1, 0.15) is 6.42 Å². The molecule has 0 radical (unpaired) electrons. The second kappa shape index (κ2) is 5.41. The molecular weight excluding hydrogens is 228 g/mol. The van der Waals surface area contributed by atoms with Crippen LogP contribution in [0.4, 0.5) is 4.79 Å². The van der Waals surface area contributed by atoms with E-state index in [0.29, 0.717) is 6.54 Å². The molecule has 1 unspecified atom stereocenters. The highest BCUT2D eigenvalue weighted by Crippen LogP contribution is 2.18. The minimum Gasteiger partial charge on any atom is -0.372 e. The molecule has 0 aromatic rings. The van der Waals surface area contributed by atoms with E-state index in [1.165, 1.54) is 18.2 Å². The standard InChI is InChI=1S/C9H14N4O4/c10-8(14)11-5-6-12-9(15)3-1-7(2-4-9)13(16)17/h1-3,12,15H,4-6H2,(H3,10,11,14). The molecule has 0 saturated heterocycles. The topological polar surface area (TPSA) is 131 Å². The quantitative estimate of drug-likeness (QED) is 0.214. The molecule has 8 nitrogen and oxygen atoms in total. The molecule has 0 aliphatic heterocycles. The summed E-state index contributed by atoms with van der Waals surface area (Å²) in [6, 6.07) is -0.645. The van der Waals surface area contributed by atoms with Gasteiger partial charge in [-0.05, 0) is 12.2 Å². The minimum absolute atomic E-state index is 0.0493. The SMILES string of the molecule is NC(=O)NCCNC1(O)C=CC([N+](=O)[O-])=CC1. The van der Waals surface area contributed by atoms with Crippen molar-refractivity contribution < 1.29 is 14.8 Å². The van der Waals surface area contributed by atoms with E-state index < -0.39 is 16.7 Å². The first-order valence-electron chi connectivity index (χ1n) is 4.97. The Morgan fingerprint density at radius 1 is 1.65 bits per heavy atom. The van der Waals surface area contributed by atoms with Gasteiger partial charge < -0.3 is 16.2 Å². The van der Waals surface area contributed by atoms with Crippen molar-refractivity contribution in [1.29, 1.82) is 0 Å². The lowest BCUT2D eigenvalue weighted by Crippen LogP contribution is -2.47. The molecule has 1 aliphatic carbocycles. The molecule has 2 amide bonds. The molecule has 1 aliphatic rings. The Balaban J connectivity index is 2.38. The van der Waals surface area contributed by atoms with Crippen molar-refractivity contribution in [3.05, 3.63) is 34.0 Å². The summed E-state index contributed by atoms with van der Waals surface area (Å²) in [6.45, 7) is 0.558. The summed E-state index contributed by atoms with van der Waals surface area (Å²) in [5.74, 6) is 0. The number of hydrogen-bond donors (Lipinski definition) is 4. The van der Waals surface area contributed by atoms with Crippen LogP contribution in [-0.4, -0.2) is 34.9 Å². The first-order chi connectivity index (χ1) is 7.93. The van der Waals surface area contributed by atoms with Crippen LogP contribution in [0.2, 0.25) is 0 Å². The molecule has 5 N–H and O–H groups in total. The van der Waals surface area contributed by atoms with Crippen LogP contribution < -0.4 is 16.4 Å². The number of carbonyl (C=O) groups excluding carboxylic acids is 1. The van der Waals surface area contributed by atoms with Gasteiger partial charge in [-0.1, -0.05) is 0 Å². The lowest BCUT2D eigenvalue weighted by molar-refractivity contribution is -0.419. The lowest BCUT2D eigenvalue weighted by atomic mass is 10.0. The third kappa shape index (κ3) is 4.21. The second-order valence-electron chi connectivity index (χ2n) is 3.57. The highest BCUT2D eigenvalue weighted by atomic mass is 16.6. The summed E-state index contributed by atoms with van der Waals surface area (Å²) in [5.41, 5.74) is 3.49. The number of primary amides is 1. The van der Waals surface area contributed by atoms with Crippen LogP contribution in [-0.2, 0) is 0 Å². The molecule has 1 atom stereocenters. The van der Waals surface area contributed by atoms with Gasteiger partial charge in [0.2, 0.25) is 0 Å². The first-order valence-corrected chi connectivity index (χ1v) is 4.97. The Labute approximate surface area is 97.3 Å². The van der Waals surface area contributed by atoms with E-state index in [2.05, 4.69) is 10.6 Å². The average Bonchev–Trinajstić information content (AvgIpc) is 2.25. The zero-order chi connectivity index (χ0) is 12.9. The predicted molar refractivity (Wildman–Crippen MR) is 59.4 cm³/mol. The van der Waals surface area contributed by atoms with Crippen molar-refractivity contribution >= 4 is 6.03 Å². The molecule has 0 fully saturated rings. The van der Waals surface area contributed by atoms with Crippen molar-refractivity contribution in [2.45, 2.75) is 12.1 Å². The third-order valence-corrected chi connectivity index (χ3v) is 2.22. The summed E-state index contributed by atoms with van der Waals surface area (Å²) in [5, 5.41) is 25.4. The van der Waals surface area contributed by atoms with Gasteiger partial charge in [-0.15, -0.1) is 0 Å². The zero-order valence-corrected chi connectivity index (χ0v) is 9.05. The summed E-state index contributed by atoms with van der Waals surface area (Å²) >= 11 is 0. The maximum atomic E-state index is 10.4. The van der Waals surface area contributed by atoms with Gasteiger partial charge in [0, 0.05) is 25.6 Å². The second-order valence-corrected chi connectivity index (χ2v) is 3.57. The normalized spacial score (nSPS) is 23.0. The van der Waals surface area contributed by atoms with Crippen molar-refractivity contribution in [2.24, 2.45) is 5.73 Å². The van der Waals surface area contributed by atoms with Crippen LogP contribution in [0, 0.1) is 10.1 Å². The van der Waals surface area contributed by atoms with E-state index in [4.69, 9.17) is 5.73 Å². The zero-order valence-electron chi connectivity index (χ0n) is 9.05. The average molecular weight is 242 g/mol. The van der Waals surface area contributed by atoms with E-state index >= 15 is 0 Å². The van der Waals surface area contributed by atoms with E-state index in [1.807, 2.05) is 0 Å². The molecule has 0 heterocycles. The Morgan fingerprint density at radius 3 is 2.82 bits per heavy atom. The van der Waals surface area contributed by atoms with Crippen molar-refractivity contribution in [3.63, 3.8) is 0 Å². The monoisotopic (exact) mass is 242 g/mol. The van der Waals surface area contributed by atoms with Gasteiger partial charge in [0.1, 0.15) is 5.72 Å². The van der Waals surface area contributed by atoms with Crippen LogP contribution in [0.3, 0.4) is 0 Å². The Hall–Kier alpha value is -1.93. The highest BCUT2D eigenvalue weighted by Gasteiger charge is 2.26. The van der Waals surface area contributed by atoms with Crippen LogP contribution in [0.25, 0.3) is 0 Å². The molecule has 8 heteroatoms. The molecule has 0 saturated carbocycles. The van der Waals surface area contributed by atoms with Gasteiger partial charge >= 0.3 is 6.03 Å². The Kier molecular flexibility index (Phi) is 4.18. The van der Waals surface area contributed by atoms with Gasteiger partial charge in [0.05, 0.1) is 4.92 Å². The first kappa shape index (κ1) is 13.1. The number of nitrogens with one attached hydrogen (secondary N) is 2. The molecule has 0 bridgehead atoms. The number of nitrogens with two attached hydrogens (primary N) is 1. The maximum Gasteiger partial charge on any atom is 0.312 e. The summed E-state index contributed by atoms with van der Waals surface area (Å²) in [6.07, 6.45) is 3.97. The molecule has 17 heavy (non-hydrogen) atoms. The van der Waals surface area contributed by atoms with Crippen LogP contribution in [0.15, 0.2) is 23.9 Å². The Morgan fingerprint density at radius 2 is 2.35 bits per heavy atom. The fourth-order valence-electron chi connectivity index (χ4n) is 1.35. The summed E-state index contributed by atoms with van der Waals surface area (Å²) in [4.78, 5) is 20.3. The molecule has 0 aromatic carbocycles. The molecule has 0 spiro atoms. The van der Waals surface area contributed by atoms with E-state index in [0.717, 1.165) is 0 Å².